The number of nitrogens with zero attached hydrogens (tertiary/aromatic N) is 3. The van der Waals surface area contributed by atoms with E-state index >= 15 is 0 Å². The number of rotatable bonds is 7. The van der Waals surface area contributed by atoms with Gasteiger partial charge >= 0.3 is 0 Å². The zero-order valence-electron chi connectivity index (χ0n) is 17.3. The molecule has 1 amide bonds. The standard InChI is InChI=1S/C21H29N5O2.HI/c1-15(2)18-13-17(28-25-18)14-24-21(22-3)23-11-6-9-20(27)26-12-10-16-7-4-5-8-19(16)26;/h4-5,7-8,13,15H,6,9-12,14H2,1-3H3,(H2,22,23,24);1H. The largest absolute Gasteiger partial charge is 0.359 e. The van der Waals surface area contributed by atoms with Crippen LogP contribution in [0.1, 0.15) is 49.6 Å². The second kappa shape index (κ2) is 11.2. The quantitative estimate of drug-likeness (QED) is 0.258. The van der Waals surface area contributed by atoms with E-state index in [9.17, 15) is 4.79 Å². The van der Waals surface area contributed by atoms with E-state index in [2.05, 4.69) is 40.7 Å². The van der Waals surface area contributed by atoms with Gasteiger partial charge < -0.3 is 20.1 Å². The lowest BCUT2D eigenvalue weighted by atomic mass is 10.1. The van der Waals surface area contributed by atoms with Crippen LogP contribution in [0.4, 0.5) is 5.69 Å². The number of nitrogens with one attached hydrogen (secondary N) is 2. The average Bonchev–Trinajstić information content (AvgIpc) is 3.34. The second-order valence-corrected chi connectivity index (χ2v) is 7.25. The molecular formula is C21H30IN5O2. The minimum atomic E-state index is 0. The zero-order chi connectivity index (χ0) is 19.9. The van der Waals surface area contributed by atoms with Gasteiger partial charge in [0, 0.05) is 38.3 Å². The maximum absolute atomic E-state index is 12.5. The third-order valence-corrected chi connectivity index (χ3v) is 4.87. The molecule has 0 spiro atoms. The zero-order valence-corrected chi connectivity index (χ0v) is 19.6. The number of fused-ring (bicyclic) bond motifs is 1. The van der Waals surface area contributed by atoms with Crippen molar-refractivity contribution in [2.24, 2.45) is 4.99 Å². The predicted molar refractivity (Wildman–Crippen MR) is 126 cm³/mol. The van der Waals surface area contributed by atoms with Crippen LogP contribution in [-0.2, 0) is 17.8 Å². The van der Waals surface area contributed by atoms with E-state index in [0.29, 0.717) is 31.4 Å². The monoisotopic (exact) mass is 511 g/mol. The molecule has 2 heterocycles. The minimum Gasteiger partial charge on any atom is -0.359 e. The Morgan fingerprint density at radius 2 is 2.10 bits per heavy atom. The van der Waals surface area contributed by atoms with Crippen LogP contribution in [0, 0.1) is 0 Å². The Morgan fingerprint density at radius 1 is 1.31 bits per heavy atom. The van der Waals surface area contributed by atoms with Crippen LogP contribution < -0.4 is 15.5 Å². The maximum atomic E-state index is 12.5. The molecule has 0 atom stereocenters. The van der Waals surface area contributed by atoms with Crippen molar-refractivity contribution in [3.63, 3.8) is 0 Å². The molecule has 0 bridgehead atoms. The van der Waals surface area contributed by atoms with Gasteiger partial charge in [-0.15, -0.1) is 24.0 Å². The van der Waals surface area contributed by atoms with E-state index in [1.165, 1.54) is 5.56 Å². The van der Waals surface area contributed by atoms with Crippen LogP contribution in [0.15, 0.2) is 39.8 Å². The fourth-order valence-electron chi connectivity index (χ4n) is 3.25. The number of halogens is 1. The molecule has 2 N–H and O–H groups in total. The number of benzene rings is 1. The SMILES string of the molecule is CN=C(NCCCC(=O)N1CCc2ccccc21)NCc1cc(C(C)C)no1.I. The van der Waals surface area contributed by atoms with Gasteiger partial charge in [0.15, 0.2) is 11.7 Å². The molecule has 158 valence electrons. The normalized spacial score (nSPS) is 13.2. The molecule has 0 aliphatic carbocycles. The van der Waals surface area contributed by atoms with Crippen molar-refractivity contribution in [3.05, 3.63) is 47.3 Å². The predicted octanol–water partition coefficient (Wildman–Crippen LogP) is 3.45. The highest BCUT2D eigenvalue weighted by Gasteiger charge is 2.23. The molecule has 7 nitrogen and oxygen atoms in total. The first-order valence-electron chi connectivity index (χ1n) is 9.86. The number of carbonyl (C=O) groups excluding carboxylic acids is 1. The lowest BCUT2D eigenvalue weighted by molar-refractivity contribution is -0.118. The molecule has 8 heteroatoms. The molecule has 0 fully saturated rings. The van der Waals surface area contributed by atoms with Crippen molar-refractivity contribution < 1.29 is 9.32 Å². The Bertz CT molecular complexity index is 834. The summed E-state index contributed by atoms with van der Waals surface area (Å²) in [5, 5.41) is 10.5. The molecular weight excluding hydrogens is 481 g/mol. The van der Waals surface area contributed by atoms with Gasteiger partial charge in [-0.3, -0.25) is 9.79 Å². The third kappa shape index (κ3) is 6.19. The number of carbonyl (C=O) groups is 1. The molecule has 2 aromatic rings. The van der Waals surface area contributed by atoms with Gasteiger partial charge in [0.25, 0.3) is 0 Å². The summed E-state index contributed by atoms with van der Waals surface area (Å²) < 4.78 is 5.32. The Balaban J connectivity index is 0.00000300. The molecule has 1 aromatic heterocycles. The number of anilines is 1. The number of guanidine groups is 1. The smallest absolute Gasteiger partial charge is 0.227 e. The number of hydrogen-bond acceptors (Lipinski definition) is 4. The van der Waals surface area contributed by atoms with Crippen LogP contribution in [0.5, 0.6) is 0 Å². The van der Waals surface area contributed by atoms with Crippen LogP contribution in [0.25, 0.3) is 0 Å². The van der Waals surface area contributed by atoms with Gasteiger partial charge in [0.2, 0.25) is 5.91 Å². The van der Waals surface area contributed by atoms with Crippen molar-refractivity contribution in [1.29, 1.82) is 0 Å². The molecule has 1 aliphatic heterocycles. The number of hydrogen-bond donors (Lipinski definition) is 2. The summed E-state index contributed by atoms with van der Waals surface area (Å²) >= 11 is 0. The number of para-hydroxylation sites is 1. The summed E-state index contributed by atoms with van der Waals surface area (Å²) in [7, 11) is 1.72. The van der Waals surface area contributed by atoms with E-state index in [0.717, 1.165) is 36.5 Å². The van der Waals surface area contributed by atoms with Gasteiger partial charge in [-0.2, -0.15) is 0 Å². The summed E-state index contributed by atoms with van der Waals surface area (Å²) in [4.78, 5) is 18.6. The van der Waals surface area contributed by atoms with Crippen LogP contribution in [0.3, 0.4) is 0 Å². The Hall–Kier alpha value is -2.10. The summed E-state index contributed by atoms with van der Waals surface area (Å²) in [6.07, 6.45) is 2.20. The fourth-order valence-corrected chi connectivity index (χ4v) is 3.25. The van der Waals surface area contributed by atoms with Gasteiger partial charge in [0.05, 0.1) is 12.2 Å². The summed E-state index contributed by atoms with van der Waals surface area (Å²) in [5.74, 6) is 1.98. The van der Waals surface area contributed by atoms with E-state index in [1.807, 2.05) is 29.2 Å². The molecule has 0 saturated heterocycles. The van der Waals surface area contributed by atoms with E-state index in [1.54, 1.807) is 7.05 Å². The van der Waals surface area contributed by atoms with Gasteiger partial charge in [-0.05, 0) is 30.4 Å². The van der Waals surface area contributed by atoms with Crippen LogP contribution in [0.2, 0.25) is 0 Å². The van der Waals surface area contributed by atoms with E-state index in [4.69, 9.17) is 4.52 Å². The second-order valence-electron chi connectivity index (χ2n) is 7.25. The molecule has 29 heavy (non-hydrogen) atoms. The summed E-state index contributed by atoms with van der Waals surface area (Å²) in [6, 6.07) is 10.1. The number of aromatic nitrogens is 1. The van der Waals surface area contributed by atoms with Crippen LogP contribution >= 0.6 is 24.0 Å². The molecule has 0 unspecified atom stereocenters. The summed E-state index contributed by atoms with van der Waals surface area (Å²) in [6.45, 7) is 6.14. The van der Waals surface area contributed by atoms with Crippen molar-refractivity contribution in [2.45, 2.75) is 45.6 Å². The molecule has 1 aliphatic rings. The average molecular weight is 511 g/mol. The topological polar surface area (TPSA) is 82.8 Å². The Labute approximate surface area is 189 Å². The molecule has 3 rings (SSSR count). The van der Waals surface area contributed by atoms with E-state index < -0.39 is 0 Å². The minimum absolute atomic E-state index is 0. The van der Waals surface area contributed by atoms with Crippen molar-refractivity contribution in [2.75, 3.05) is 25.0 Å². The van der Waals surface area contributed by atoms with Gasteiger partial charge in [-0.1, -0.05) is 37.2 Å². The third-order valence-electron chi connectivity index (χ3n) is 4.87. The van der Waals surface area contributed by atoms with Crippen molar-refractivity contribution >= 4 is 41.5 Å². The highest BCUT2D eigenvalue weighted by atomic mass is 127. The van der Waals surface area contributed by atoms with Crippen LogP contribution in [-0.4, -0.2) is 37.2 Å². The first-order chi connectivity index (χ1) is 13.6. The molecule has 0 radical (unpaired) electrons. The molecule has 0 saturated carbocycles. The van der Waals surface area contributed by atoms with Crippen molar-refractivity contribution in [3.8, 4) is 0 Å². The molecule has 1 aromatic carbocycles. The fraction of sp³-hybridized carbons (Fsp3) is 0.476. The van der Waals surface area contributed by atoms with Gasteiger partial charge in [-0.25, -0.2) is 0 Å². The Morgan fingerprint density at radius 3 is 2.83 bits per heavy atom. The highest BCUT2D eigenvalue weighted by molar-refractivity contribution is 14.0. The lowest BCUT2D eigenvalue weighted by Crippen LogP contribution is -2.37. The van der Waals surface area contributed by atoms with E-state index in [-0.39, 0.29) is 29.9 Å². The number of amides is 1. The van der Waals surface area contributed by atoms with Gasteiger partial charge in [0.1, 0.15) is 0 Å². The summed E-state index contributed by atoms with van der Waals surface area (Å²) in [5.41, 5.74) is 3.26. The van der Waals surface area contributed by atoms with Crippen molar-refractivity contribution in [1.82, 2.24) is 15.8 Å². The lowest BCUT2D eigenvalue weighted by Gasteiger charge is -2.17. The maximum Gasteiger partial charge on any atom is 0.227 e. The number of aliphatic imine (C=N–C) groups is 1. The first-order valence-corrected chi connectivity index (χ1v) is 9.86. The Kier molecular flexibility index (Phi) is 8.94. The first kappa shape index (κ1) is 23.2. The highest BCUT2D eigenvalue weighted by Crippen LogP contribution is 2.27.